The summed E-state index contributed by atoms with van der Waals surface area (Å²) in [5.41, 5.74) is 7.40. The predicted octanol–water partition coefficient (Wildman–Crippen LogP) is 2.19. The Morgan fingerprint density at radius 1 is 1.25 bits per heavy atom. The lowest BCUT2D eigenvalue weighted by atomic mass is 10.0. The van der Waals surface area contributed by atoms with E-state index in [1.165, 1.54) is 0 Å². The third-order valence-corrected chi connectivity index (χ3v) is 3.81. The van der Waals surface area contributed by atoms with E-state index in [0.29, 0.717) is 6.04 Å². The highest BCUT2D eigenvalue weighted by atomic mass is 16.2. The van der Waals surface area contributed by atoms with Crippen LogP contribution >= 0.6 is 0 Å². The van der Waals surface area contributed by atoms with Crippen LogP contribution in [0.15, 0.2) is 36.5 Å². The highest BCUT2D eigenvalue weighted by Crippen LogP contribution is 2.24. The van der Waals surface area contributed by atoms with Gasteiger partial charge in [-0.05, 0) is 37.1 Å². The van der Waals surface area contributed by atoms with Gasteiger partial charge in [-0.1, -0.05) is 6.07 Å². The summed E-state index contributed by atoms with van der Waals surface area (Å²) >= 11 is 0. The van der Waals surface area contributed by atoms with E-state index in [0.717, 1.165) is 42.5 Å². The Morgan fingerprint density at radius 2 is 2.05 bits per heavy atom. The number of piperidine rings is 1. The molecule has 20 heavy (non-hydrogen) atoms. The normalized spacial score (nSPS) is 16.3. The number of amides is 2. The summed E-state index contributed by atoms with van der Waals surface area (Å²) in [4.78, 5) is 17.2. The van der Waals surface area contributed by atoms with Crippen molar-refractivity contribution < 1.29 is 4.79 Å². The number of pyridine rings is 1. The monoisotopic (exact) mass is 270 g/mol. The molecule has 0 saturated carbocycles. The van der Waals surface area contributed by atoms with Gasteiger partial charge in [0.2, 0.25) is 0 Å². The Morgan fingerprint density at radius 3 is 2.80 bits per heavy atom. The molecule has 104 valence electrons. The van der Waals surface area contributed by atoms with Crippen molar-refractivity contribution in [3.8, 4) is 0 Å². The molecule has 0 spiro atoms. The van der Waals surface area contributed by atoms with Gasteiger partial charge in [-0.15, -0.1) is 0 Å². The number of primary amides is 1. The summed E-state index contributed by atoms with van der Waals surface area (Å²) < 4.78 is 0. The standard InChI is InChI=1S/C15H18N4O/c16-15(20)19-9-6-11(7-10-19)18-14-5-1-4-13-12(14)3-2-8-17-13/h1-5,8,11,18H,6-7,9-10H2,(H2,16,20). The number of likely N-dealkylation sites (tertiary alicyclic amines) is 1. The summed E-state index contributed by atoms with van der Waals surface area (Å²) in [5, 5.41) is 4.70. The van der Waals surface area contributed by atoms with Crippen molar-refractivity contribution in [1.29, 1.82) is 0 Å². The van der Waals surface area contributed by atoms with Crippen LogP contribution in [0.3, 0.4) is 0 Å². The minimum absolute atomic E-state index is 0.321. The molecule has 1 saturated heterocycles. The lowest BCUT2D eigenvalue weighted by molar-refractivity contribution is 0.193. The van der Waals surface area contributed by atoms with Crippen LogP contribution in [0.2, 0.25) is 0 Å². The second-order valence-electron chi connectivity index (χ2n) is 5.12. The van der Waals surface area contributed by atoms with Crippen LogP contribution in [0.4, 0.5) is 10.5 Å². The quantitative estimate of drug-likeness (QED) is 0.878. The Balaban J connectivity index is 1.73. The van der Waals surface area contributed by atoms with Crippen LogP contribution in [0.1, 0.15) is 12.8 Å². The first-order valence-electron chi connectivity index (χ1n) is 6.89. The number of urea groups is 1. The fourth-order valence-electron chi connectivity index (χ4n) is 2.69. The molecule has 1 fully saturated rings. The average molecular weight is 270 g/mol. The van der Waals surface area contributed by atoms with Crippen molar-refractivity contribution in [2.24, 2.45) is 5.73 Å². The molecule has 0 atom stereocenters. The molecular formula is C15H18N4O. The number of aromatic nitrogens is 1. The van der Waals surface area contributed by atoms with E-state index >= 15 is 0 Å². The molecule has 1 aliphatic rings. The second-order valence-corrected chi connectivity index (χ2v) is 5.12. The molecule has 1 aliphatic heterocycles. The summed E-state index contributed by atoms with van der Waals surface area (Å²) in [5.74, 6) is 0. The molecule has 2 amide bonds. The Kier molecular flexibility index (Phi) is 3.41. The average Bonchev–Trinajstić information content (AvgIpc) is 2.48. The summed E-state index contributed by atoms with van der Waals surface area (Å²) in [6.07, 6.45) is 3.64. The van der Waals surface area contributed by atoms with E-state index in [-0.39, 0.29) is 6.03 Å². The Hall–Kier alpha value is -2.30. The number of rotatable bonds is 2. The van der Waals surface area contributed by atoms with E-state index in [1.54, 1.807) is 11.1 Å². The Labute approximate surface area is 117 Å². The SMILES string of the molecule is NC(=O)N1CCC(Nc2cccc3ncccc23)CC1. The summed E-state index contributed by atoms with van der Waals surface area (Å²) in [7, 11) is 0. The van der Waals surface area contributed by atoms with Gasteiger partial charge >= 0.3 is 6.03 Å². The molecular weight excluding hydrogens is 252 g/mol. The number of nitrogens with zero attached hydrogens (tertiary/aromatic N) is 2. The van der Waals surface area contributed by atoms with Gasteiger partial charge in [-0.2, -0.15) is 0 Å². The van der Waals surface area contributed by atoms with Gasteiger partial charge in [0.05, 0.1) is 5.52 Å². The number of nitrogens with one attached hydrogen (secondary N) is 1. The van der Waals surface area contributed by atoms with E-state index in [4.69, 9.17) is 5.73 Å². The van der Waals surface area contributed by atoms with Crippen molar-refractivity contribution in [1.82, 2.24) is 9.88 Å². The van der Waals surface area contributed by atoms with Crippen LogP contribution in [0, 0.1) is 0 Å². The fraction of sp³-hybridized carbons (Fsp3) is 0.333. The van der Waals surface area contributed by atoms with Crippen LogP contribution in [0.5, 0.6) is 0 Å². The van der Waals surface area contributed by atoms with E-state index < -0.39 is 0 Å². The maximum absolute atomic E-state index is 11.1. The first kappa shape index (κ1) is 12.7. The molecule has 0 radical (unpaired) electrons. The Bertz CT molecular complexity index is 615. The van der Waals surface area contributed by atoms with Gasteiger partial charge in [-0.25, -0.2) is 4.79 Å². The molecule has 2 aromatic rings. The summed E-state index contributed by atoms with van der Waals surface area (Å²) in [6.45, 7) is 1.44. The molecule has 5 nitrogen and oxygen atoms in total. The van der Waals surface area contributed by atoms with Gasteiger partial charge in [0.15, 0.2) is 0 Å². The molecule has 0 unspecified atom stereocenters. The van der Waals surface area contributed by atoms with Crippen LogP contribution < -0.4 is 11.1 Å². The predicted molar refractivity (Wildman–Crippen MR) is 79.5 cm³/mol. The molecule has 0 bridgehead atoms. The zero-order chi connectivity index (χ0) is 13.9. The topological polar surface area (TPSA) is 71.2 Å². The number of benzene rings is 1. The number of anilines is 1. The minimum Gasteiger partial charge on any atom is -0.382 e. The second kappa shape index (κ2) is 5.36. The van der Waals surface area contributed by atoms with Crippen LogP contribution in [-0.2, 0) is 0 Å². The number of nitrogens with two attached hydrogens (primary N) is 1. The first-order valence-corrected chi connectivity index (χ1v) is 6.89. The van der Waals surface area contributed by atoms with Gasteiger partial charge in [0.1, 0.15) is 0 Å². The van der Waals surface area contributed by atoms with Crippen LogP contribution in [0.25, 0.3) is 10.9 Å². The smallest absolute Gasteiger partial charge is 0.314 e. The third kappa shape index (κ3) is 2.52. The lowest BCUT2D eigenvalue weighted by Gasteiger charge is -2.32. The number of carbonyl (C=O) groups excluding carboxylic acids is 1. The van der Waals surface area contributed by atoms with Crippen molar-refractivity contribution in [3.63, 3.8) is 0 Å². The molecule has 0 aliphatic carbocycles. The van der Waals surface area contributed by atoms with Gasteiger partial charge in [0, 0.05) is 36.4 Å². The molecule has 5 heteroatoms. The molecule has 3 N–H and O–H groups in total. The summed E-state index contributed by atoms with van der Waals surface area (Å²) in [6, 6.07) is 10.2. The van der Waals surface area contributed by atoms with Crippen molar-refractivity contribution in [2.45, 2.75) is 18.9 Å². The highest BCUT2D eigenvalue weighted by Gasteiger charge is 2.21. The van der Waals surface area contributed by atoms with Crippen molar-refractivity contribution in [2.75, 3.05) is 18.4 Å². The molecule has 1 aromatic carbocycles. The molecule has 2 heterocycles. The van der Waals surface area contributed by atoms with Gasteiger partial charge in [-0.3, -0.25) is 4.98 Å². The zero-order valence-corrected chi connectivity index (χ0v) is 11.2. The maximum atomic E-state index is 11.1. The molecule has 1 aromatic heterocycles. The number of hydrogen-bond acceptors (Lipinski definition) is 3. The number of carbonyl (C=O) groups is 1. The van der Waals surface area contributed by atoms with Crippen molar-refractivity contribution in [3.05, 3.63) is 36.5 Å². The van der Waals surface area contributed by atoms with Gasteiger partial charge < -0.3 is 16.0 Å². The van der Waals surface area contributed by atoms with Crippen LogP contribution in [-0.4, -0.2) is 35.0 Å². The number of hydrogen-bond donors (Lipinski definition) is 2. The highest BCUT2D eigenvalue weighted by molar-refractivity contribution is 5.91. The van der Waals surface area contributed by atoms with E-state index in [1.807, 2.05) is 18.2 Å². The first-order chi connectivity index (χ1) is 9.74. The molecule has 3 rings (SSSR count). The van der Waals surface area contributed by atoms with Crippen molar-refractivity contribution >= 4 is 22.6 Å². The third-order valence-electron chi connectivity index (χ3n) is 3.81. The number of fused-ring (bicyclic) bond motifs is 1. The lowest BCUT2D eigenvalue weighted by Crippen LogP contribution is -2.44. The zero-order valence-electron chi connectivity index (χ0n) is 11.2. The van der Waals surface area contributed by atoms with E-state index in [9.17, 15) is 4.79 Å². The minimum atomic E-state index is -0.321. The fourth-order valence-corrected chi connectivity index (χ4v) is 2.69. The maximum Gasteiger partial charge on any atom is 0.314 e. The van der Waals surface area contributed by atoms with Gasteiger partial charge in [0.25, 0.3) is 0 Å². The van der Waals surface area contributed by atoms with E-state index in [2.05, 4.69) is 22.4 Å². The largest absolute Gasteiger partial charge is 0.382 e.